The molecule has 0 spiro atoms. The molecular weight excluding hydrogens is 290 g/mol. The fourth-order valence-electron chi connectivity index (χ4n) is 1.65. The first-order chi connectivity index (χ1) is 10.2. The monoisotopic (exact) mass is 307 g/mol. The van der Waals surface area contributed by atoms with E-state index in [1.165, 1.54) is 6.07 Å². The Morgan fingerprint density at radius 1 is 1.32 bits per heavy atom. The molecule has 0 radical (unpaired) electrons. The number of amides is 1. The van der Waals surface area contributed by atoms with Gasteiger partial charge in [-0.05, 0) is 24.6 Å². The van der Waals surface area contributed by atoms with Gasteiger partial charge in [-0.1, -0.05) is 0 Å². The molecule has 0 aliphatic heterocycles. The predicted molar refractivity (Wildman–Crippen MR) is 81.1 cm³/mol. The summed E-state index contributed by atoms with van der Waals surface area (Å²) in [7, 11) is 0. The first kappa shape index (κ1) is 17.2. The maximum absolute atomic E-state index is 11.0. The van der Waals surface area contributed by atoms with Crippen molar-refractivity contribution in [1.82, 2.24) is 0 Å². The van der Waals surface area contributed by atoms with Crippen molar-refractivity contribution in [2.45, 2.75) is 19.4 Å². The molecule has 1 heterocycles. The van der Waals surface area contributed by atoms with Gasteiger partial charge in [0.15, 0.2) is 0 Å². The number of primary amides is 1. The summed E-state index contributed by atoms with van der Waals surface area (Å²) in [6, 6.07) is 5.60. The molecule has 118 valence electrons. The smallest absolute Gasteiger partial charge is 0.336 e. The van der Waals surface area contributed by atoms with Crippen LogP contribution in [0.3, 0.4) is 0 Å². The van der Waals surface area contributed by atoms with Gasteiger partial charge in [-0.25, -0.2) is 4.79 Å². The van der Waals surface area contributed by atoms with Crippen LogP contribution < -0.4 is 22.8 Å². The summed E-state index contributed by atoms with van der Waals surface area (Å²) >= 11 is 0. The summed E-state index contributed by atoms with van der Waals surface area (Å²) in [6.07, 6.45) is -0.310. The Morgan fingerprint density at radius 2 is 1.95 bits per heavy atom. The Kier molecular flexibility index (Phi) is 5.65. The lowest BCUT2D eigenvalue weighted by atomic mass is 10.1. The molecule has 1 atom stereocenters. The highest BCUT2D eigenvalue weighted by Crippen LogP contribution is 2.18. The predicted octanol–water partition coefficient (Wildman–Crippen LogP) is -0.0427. The number of nitrogens with two attached hydrogens (primary N) is 3. The number of aryl methyl sites for hydroxylation is 1. The van der Waals surface area contributed by atoms with Gasteiger partial charge < -0.3 is 26.7 Å². The number of carboxylic acids is 1. The van der Waals surface area contributed by atoms with Crippen LogP contribution in [0.1, 0.15) is 12.0 Å². The minimum Gasteiger partial charge on any atom is -0.480 e. The quantitative estimate of drug-likeness (QED) is 0.456. The van der Waals surface area contributed by atoms with E-state index in [0.29, 0.717) is 11.3 Å². The molecular formula is C14H17N3O5. The second-order valence-corrected chi connectivity index (χ2v) is 4.62. The largest absolute Gasteiger partial charge is 0.480 e. The van der Waals surface area contributed by atoms with Gasteiger partial charge in [0, 0.05) is 23.2 Å². The summed E-state index contributed by atoms with van der Waals surface area (Å²) < 4.78 is 4.99. The third-order valence-corrected chi connectivity index (χ3v) is 2.71. The highest BCUT2D eigenvalue weighted by molar-refractivity contribution is 5.83. The van der Waals surface area contributed by atoms with Gasteiger partial charge in [0.25, 0.3) is 0 Å². The van der Waals surface area contributed by atoms with Crippen molar-refractivity contribution in [1.29, 1.82) is 0 Å². The van der Waals surface area contributed by atoms with E-state index >= 15 is 0 Å². The van der Waals surface area contributed by atoms with E-state index in [1.807, 2.05) is 13.0 Å². The molecule has 0 aliphatic rings. The number of fused-ring (bicyclic) bond motifs is 1. The topological polar surface area (TPSA) is 163 Å². The van der Waals surface area contributed by atoms with Crippen LogP contribution >= 0.6 is 0 Å². The van der Waals surface area contributed by atoms with Crippen molar-refractivity contribution in [2.24, 2.45) is 11.5 Å². The Morgan fingerprint density at radius 3 is 2.45 bits per heavy atom. The number of carboxylic acid groups (broad SMARTS) is 1. The van der Waals surface area contributed by atoms with Crippen molar-refractivity contribution in [3.63, 3.8) is 0 Å². The number of rotatable bonds is 3. The third kappa shape index (κ3) is 4.91. The van der Waals surface area contributed by atoms with E-state index < -0.39 is 17.9 Å². The molecule has 0 bridgehead atoms. The molecule has 2 rings (SSSR count). The van der Waals surface area contributed by atoms with E-state index in [9.17, 15) is 14.4 Å². The van der Waals surface area contributed by atoms with Gasteiger partial charge >= 0.3 is 11.6 Å². The molecule has 8 nitrogen and oxygen atoms in total. The van der Waals surface area contributed by atoms with Crippen molar-refractivity contribution >= 4 is 28.5 Å². The second kappa shape index (κ2) is 7.23. The van der Waals surface area contributed by atoms with E-state index in [1.54, 1.807) is 12.1 Å². The van der Waals surface area contributed by atoms with Crippen molar-refractivity contribution in [3.05, 3.63) is 40.2 Å². The molecule has 8 heteroatoms. The van der Waals surface area contributed by atoms with Crippen LogP contribution in [-0.4, -0.2) is 23.0 Å². The van der Waals surface area contributed by atoms with Crippen molar-refractivity contribution < 1.29 is 19.1 Å². The fraction of sp³-hybridized carbons (Fsp3) is 0.214. The maximum atomic E-state index is 11.0. The molecule has 1 amide bonds. The molecule has 7 N–H and O–H groups in total. The number of carbonyl (C=O) groups excluding carboxylic acids is 1. The normalized spacial score (nSPS) is 11.4. The van der Waals surface area contributed by atoms with Crippen LogP contribution in [0, 0.1) is 6.92 Å². The lowest BCUT2D eigenvalue weighted by molar-refractivity contribution is -0.140. The molecule has 0 saturated carbocycles. The standard InChI is InChI=1S/C10H9NO2.C4H8N2O3/c1-6-4-10(12)13-9-5-7(11)2-3-8(6)9;5-2(4(8)9)1-3(6)7/h2-5H,11H2,1H3;2H,1,5H2,(H2,6,7)(H,8,9)/t;2-/m.0/s1. The Balaban J connectivity index is 0.000000239. The van der Waals surface area contributed by atoms with Crippen LogP contribution in [0.4, 0.5) is 5.69 Å². The number of hydrogen-bond donors (Lipinski definition) is 4. The van der Waals surface area contributed by atoms with Crippen LogP contribution in [-0.2, 0) is 9.59 Å². The zero-order valence-corrected chi connectivity index (χ0v) is 11.9. The molecule has 1 aromatic heterocycles. The summed E-state index contributed by atoms with van der Waals surface area (Å²) in [5.74, 6) is -1.92. The fourth-order valence-corrected chi connectivity index (χ4v) is 1.65. The number of nitrogen functional groups attached to an aromatic ring is 1. The van der Waals surface area contributed by atoms with E-state index in [-0.39, 0.29) is 12.0 Å². The average molecular weight is 307 g/mol. The average Bonchev–Trinajstić information content (AvgIpc) is 2.37. The van der Waals surface area contributed by atoms with Crippen molar-refractivity contribution in [2.75, 3.05) is 5.73 Å². The highest BCUT2D eigenvalue weighted by Gasteiger charge is 2.13. The third-order valence-electron chi connectivity index (χ3n) is 2.71. The molecule has 1 aromatic carbocycles. The zero-order chi connectivity index (χ0) is 16.9. The molecule has 0 aliphatic carbocycles. The van der Waals surface area contributed by atoms with Crippen LogP contribution in [0.15, 0.2) is 33.5 Å². The lowest BCUT2D eigenvalue weighted by Gasteiger charge is -2.00. The molecule has 22 heavy (non-hydrogen) atoms. The van der Waals surface area contributed by atoms with Gasteiger partial charge in [0.05, 0.1) is 6.42 Å². The Bertz CT molecular complexity index is 754. The molecule has 0 fully saturated rings. The molecule has 0 saturated heterocycles. The van der Waals surface area contributed by atoms with E-state index in [4.69, 9.17) is 21.0 Å². The van der Waals surface area contributed by atoms with Gasteiger partial charge in [-0.15, -0.1) is 0 Å². The summed E-state index contributed by atoms with van der Waals surface area (Å²) in [5, 5.41) is 9.02. The van der Waals surface area contributed by atoms with Gasteiger partial charge in [-0.3, -0.25) is 9.59 Å². The van der Waals surface area contributed by atoms with Gasteiger partial charge in [0.1, 0.15) is 11.6 Å². The van der Waals surface area contributed by atoms with Crippen LogP contribution in [0.5, 0.6) is 0 Å². The summed E-state index contributed by atoms with van der Waals surface area (Å²) in [5.41, 5.74) is 16.8. The van der Waals surface area contributed by atoms with E-state index in [2.05, 4.69) is 5.73 Å². The first-order valence-electron chi connectivity index (χ1n) is 6.27. The highest BCUT2D eigenvalue weighted by atomic mass is 16.4. The molecule has 0 unspecified atom stereocenters. The van der Waals surface area contributed by atoms with E-state index in [0.717, 1.165) is 10.9 Å². The van der Waals surface area contributed by atoms with Gasteiger partial charge in [-0.2, -0.15) is 0 Å². The number of aliphatic carboxylic acids is 1. The summed E-state index contributed by atoms with van der Waals surface area (Å²) in [4.78, 5) is 30.9. The minimum absolute atomic E-state index is 0.310. The number of carbonyl (C=O) groups is 2. The van der Waals surface area contributed by atoms with Crippen LogP contribution in [0.2, 0.25) is 0 Å². The number of hydrogen-bond acceptors (Lipinski definition) is 6. The number of anilines is 1. The van der Waals surface area contributed by atoms with Crippen molar-refractivity contribution in [3.8, 4) is 0 Å². The van der Waals surface area contributed by atoms with Gasteiger partial charge in [0.2, 0.25) is 5.91 Å². The Labute approximate surface area is 125 Å². The molecule has 2 aromatic rings. The summed E-state index contributed by atoms with van der Waals surface area (Å²) in [6.45, 7) is 1.87. The van der Waals surface area contributed by atoms with Crippen LogP contribution in [0.25, 0.3) is 11.0 Å². The number of benzene rings is 1. The first-order valence-corrected chi connectivity index (χ1v) is 6.27. The minimum atomic E-state index is -1.21. The SMILES string of the molecule is Cc1cc(=O)oc2cc(N)ccc12.NC(=O)C[C@H](N)C(=O)O. The maximum Gasteiger partial charge on any atom is 0.336 e. The second-order valence-electron chi connectivity index (χ2n) is 4.62. The Hall–Kier alpha value is -2.87. The zero-order valence-electron chi connectivity index (χ0n) is 11.9. The lowest BCUT2D eigenvalue weighted by Crippen LogP contribution is -2.34.